The molecule has 0 atom stereocenters. The molecule has 0 radical (unpaired) electrons. The van der Waals surface area contributed by atoms with Crippen molar-refractivity contribution in [1.29, 1.82) is 0 Å². The first-order valence-corrected chi connectivity index (χ1v) is 11.3. The number of nitrogens with zero attached hydrogens (tertiary/aromatic N) is 3. The lowest BCUT2D eigenvalue weighted by molar-refractivity contribution is 0.196. The molecule has 1 aliphatic rings. The van der Waals surface area contributed by atoms with Crippen molar-refractivity contribution in [2.75, 3.05) is 26.7 Å². The molecule has 1 aromatic heterocycles. The van der Waals surface area contributed by atoms with Crippen LogP contribution in [0.4, 0.5) is 0 Å². The molecule has 1 aromatic carbocycles. The second kappa shape index (κ2) is 13.0. The number of aromatic nitrogens is 1. The number of rotatable bonds is 8. The van der Waals surface area contributed by atoms with Crippen LogP contribution < -0.4 is 10.6 Å². The van der Waals surface area contributed by atoms with Crippen LogP contribution in [0.2, 0.25) is 0 Å². The molecule has 2 heterocycles. The minimum absolute atomic E-state index is 0. The van der Waals surface area contributed by atoms with Gasteiger partial charge in [0.05, 0.1) is 5.69 Å². The van der Waals surface area contributed by atoms with Crippen LogP contribution in [0, 0.1) is 0 Å². The van der Waals surface area contributed by atoms with Crippen molar-refractivity contribution in [3.05, 3.63) is 66.0 Å². The van der Waals surface area contributed by atoms with E-state index < -0.39 is 0 Å². The molecule has 1 saturated heterocycles. The SMILES string of the molecule is CCC(CC)(CNC(=NC)NC1CCN(Cc2ccccn2)CC1)c1ccccc1.I. The fourth-order valence-corrected chi connectivity index (χ4v) is 4.40. The second-order valence-corrected chi connectivity index (χ2v) is 8.30. The predicted octanol–water partition coefficient (Wildman–Crippen LogP) is 4.59. The molecule has 2 aromatic rings. The lowest BCUT2D eigenvalue weighted by Crippen LogP contribution is -2.51. The molecule has 0 saturated carbocycles. The summed E-state index contributed by atoms with van der Waals surface area (Å²) in [7, 11) is 1.87. The molecule has 3 rings (SSSR count). The van der Waals surface area contributed by atoms with Crippen molar-refractivity contribution in [2.24, 2.45) is 4.99 Å². The zero-order valence-corrected chi connectivity index (χ0v) is 21.5. The average Bonchev–Trinajstić information content (AvgIpc) is 2.81. The van der Waals surface area contributed by atoms with E-state index in [0.717, 1.165) is 63.5 Å². The van der Waals surface area contributed by atoms with Gasteiger partial charge in [-0.2, -0.15) is 0 Å². The molecule has 1 aliphatic heterocycles. The number of hydrogen-bond donors (Lipinski definition) is 2. The minimum atomic E-state index is 0. The van der Waals surface area contributed by atoms with E-state index in [1.54, 1.807) is 0 Å². The first-order chi connectivity index (χ1) is 14.7. The van der Waals surface area contributed by atoms with Crippen LogP contribution in [-0.4, -0.2) is 48.6 Å². The Morgan fingerprint density at radius 2 is 1.74 bits per heavy atom. The van der Waals surface area contributed by atoms with Crippen molar-refractivity contribution in [3.8, 4) is 0 Å². The Morgan fingerprint density at radius 1 is 1.06 bits per heavy atom. The minimum Gasteiger partial charge on any atom is -0.356 e. The number of aliphatic imine (C=N–C) groups is 1. The molecule has 0 unspecified atom stereocenters. The largest absolute Gasteiger partial charge is 0.356 e. The van der Waals surface area contributed by atoms with E-state index in [1.165, 1.54) is 5.56 Å². The summed E-state index contributed by atoms with van der Waals surface area (Å²) >= 11 is 0. The molecule has 31 heavy (non-hydrogen) atoms. The Morgan fingerprint density at radius 3 is 2.32 bits per heavy atom. The van der Waals surface area contributed by atoms with Gasteiger partial charge in [-0.25, -0.2) is 0 Å². The number of pyridine rings is 1. The van der Waals surface area contributed by atoms with E-state index in [0.29, 0.717) is 6.04 Å². The van der Waals surface area contributed by atoms with Crippen LogP contribution in [0.3, 0.4) is 0 Å². The molecule has 0 bridgehead atoms. The third-order valence-corrected chi connectivity index (χ3v) is 6.60. The normalized spacial score (nSPS) is 15.9. The van der Waals surface area contributed by atoms with Gasteiger partial charge in [0.15, 0.2) is 5.96 Å². The molecule has 0 aliphatic carbocycles. The van der Waals surface area contributed by atoms with Crippen LogP contribution in [0.25, 0.3) is 0 Å². The van der Waals surface area contributed by atoms with Crippen LogP contribution in [-0.2, 0) is 12.0 Å². The Hall–Kier alpha value is -1.67. The highest BCUT2D eigenvalue weighted by molar-refractivity contribution is 14.0. The van der Waals surface area contributed by atoms with E-state index in [-0.39, 0.29) is 29.4 Å². The maximum Gasteiger partial charge on any atom is 0.191 e. The average molecular weight is 536 g/mol. The van der Waals surface area contributed by atoms with Crippen molar-refractivity contribution < 1.29 is 0 Å². The van der Waals surface area contributed by atoms with Gasteiger partial charge in [0.2, 0.25) is 0 Å². The Kier molecular flexibility index (Phi) is 10.7. The van der Waals surface area contributed by atoms with Crippen molar-refractivity contribution in [1.82, 2.24) is 20.5 Å². The summed E-state index contributed by atoms with van der Waals surface area (Å²) in [4.78, 5) is 11.5. The van der Waals surface area contributed by atoms with E-state index >= 15 is 0 Å². The number of hydrogen-bond acceptors (Lipinski definition) is 3. The molecular formula is C25H38IN5. The van der Waals surface area contributed by atoms with Gasteiger partial charge in [-0.05, 0) is 43.4 Å². The van der Waals surface area contributed by atoms with Gasteiger partial charge in [-0.1, -0.05) is 50.2 Å². The number of likely N-dealkylation sites (tertiary alicyclic amines) is 1. The van der Waals surface area contributed by atoms with Crippen LogP contribution >= 0.6 is 24.0 Å². The van der Waals surface area contributed by atoms with Crippen LogP contribution in [0.15, 0.2) is 59.7 Å². The maximum absolute atomic E-state index is 4.51. The number of guanidine groups is 1. The van der Waals surface area contributed by atoms with Crippen LogP contribution in [0.1, 0.15) is 50.8 Å². The quantitative estimate of drug-likeness (QED) is 0.295. The second-order valence-electron chi connectivity index (χ2n) is 8.30. The van der Waals surface area contributed by atoms with E-state index in [1.807, 2.05) is 19.3 Å². The highest BCUT2D eigenvalue weighted by Crippen LogP contribution is 2.30. The fraction of sp³-hybridized carbons (Fsp3) is 0.520. The summed E-state index contributed by atoms with van der Waals surface area (Å²) in [5, 5.41) is 7.28. The summed E-state index contributed by atoms with van der Waals surface area (Å²) < 4.78 is 0. The highest BCUT2D eigenvalue weighted by atomic mass is 127. The predicted molar refractivity (Wildman–Crippen MR) is 141 cm³/mol. The molecule has 1 fully saturated rings. The first kappa shape index (κ1) is 25.6. The molecule has 0 amide bonds. The van der Waals surface area contributed by atoms with Gasteiger partial charge in [-0.15, -0.1) is 24.0 Å². The Balaban J connectivity index is 0.00000341. The zero-order chi connectivity index (χ0) is 21.2. The Labute approximate surface area is 205 Å². The zero-order valence-electron chi connectivity index (χ0n) is 19.2. The number of nitrogens with one attached hydrogen (secondary N) is 2. The third kappa shape index (κ3) is 7.17. The first-order valence-electron chi connectivity index (χ1n) is 11.3. The summed E-state index contributed by atoms with van der Waals surface area (Å²) in [6.07, 6.45) is 6.33. The topological polar surface area (TPSA) is 52.6 Å². The lowest BCUT2D eigenvalue weighted by atomic mass is 9.76. The highest BCUT2D eigenvalue weighted by Gasteiger charge is 2.29. The molecule has 170 valence electrons. The van der Waals surface area contributed by atoms with E-state index in [4.69, 9.17) is 0 Å². The summed E-state index contributed by atoms with van der Waals surface area (Å²) in [6, 6.07) is 17.5. The molecule has 6 heteroatoms. The molecule has 5 nitrogen and oxygen atoms in total. The van der Waals surface area contributed by atoms with Gasteiger partial charge >= 0.3 is 0 Å². The number of benzene rings is 1. The van der Waals surface area contributed by atoms with E-state index in [2.05, 4.69) is 81.8 Å². The molecular weight excluding hydrogens is 497 g/mol. The Bertz CT molecular complexity index is 769. The van der Waals surface area contributed by atoms with Crippen molar-refractivity contribution in [2.45, 2.75) is 57.5 Å². The standard InChI is InChI=1S/C25H37N5.HI/c1-4-25(5-2,21-11-7-6-8-12-21)20-28-24(26-3)29-22-14-17-30(18-15-22)19-23-13-9-10-16-27-23;/h6-13,16,22H,4-5,14-15,17-20H2,1-3H3,(H2,26,28,29);1H. The summed E-state index contributed by atoms with van der Waals surface area (Å²) in [6.45, 7) is 8.57. The number of piperidine rings is 1. The van der Waals surface area contributed by atoms with Gasteiger partial charge in [0.1, 0.15) is 0 Å². The van der Waals surface area contributed by atoms with Gasteiger partial charge < -0.3 is 10.6 Å². The monoisotopic (exact) mass is 535 g/mol. The van der Waals surface area contributed by atoms with Crippen molar-refractivity contribution >= 4 is 29.9 Å². The van der Waals surface area contributed by atoms with Crippen molar-refractivity contribution in [3.63, 3.8) is 0 Å². The molecule has 0 spiro atoms. The summed E-state index contributed by atoms with van der Waals surface area (Å²) in [5.41, 5.74) is 2.68. The fourth-order valence-electron chi connectivity index (χ4n) is 4.40. The van der Waals surface area contributed by atoms with E-state index in [9.17, 15) is 0 Å². The molecule has 2 N–H and O–H groups in total. The third-order valence-electron chi connectivity index (χ3n) is 6.60. The van der Waals surface area contributed by atoms with Gasteiger partial charge in [-0.3, -0.25) is 14.9 Å². The lowest BCUT2D eigenvalue weighted by Gasteiger charge is -2.35. The van der Waals surface area contributed by atoms with Gasteiger partial charge in [0, 0.05) is 50.9 Å². The smallest absolute Gasteiger partial charge is 0.191 e. The van der Waals surface area contributed by atoms with Crippen LogP contribution in [0.5, 0.6) is 0 Å². The van der Waals surface area contributed by atoms with Gasteiger partial charge in [0.25, 0.3) is 0 Å². The maximum atomic E-state index is 4.51. The summed E-state index contributed by atoms with van der Waals surface area (Å²) in [5.74, 6) is 0.917. The number of halogens is 1.